The molecule has 1 aromatic rings. The van der Waals surface area contributed by atoms with Crippen molar-refractivity contribution < 1.29 is 9.52 Å². The number of rotatable bonds is 4. The largest absolute Gasteiger partial charge is 0.502 e. The second-order valence-corrected chi connectivity index (χ2v) is 5.86. The second-order valence-electron chi connectivity index (χ2n) is 4.78. The molecule has 0 aromatic carbocycles. The summed E-state index contributed by atoms with van der Waals surface area (Å²) in [5.41, 5.74) is -0.377. The number of nitrogens with zero attached hydrogens (tertiary/aromatic N) is 1. The number of aromatic hydroxyl groups is 1. The summed E-state index contributed by atoms with van der Waals surface area (Å²) in [5, 5.41) is 9.81. The lowest BCUT2D eigenvalue weighted by Gasteiger charge is -2.28. The predicted molar refractivity (Wildman–Crippen MR) is 73.1 cm³/mol. The van der Waals surface area contributed by atoms with Gasteiger partial charge >= 0.3 is 0 Å². The molecule has 1 aliphatic carbocycles. The molecule has 1 aliphatic rings. The topological polar surface area (TPSA) is 53.7 Å². The van der Waals surface area contributed by atoms with Crippen LogP contribution < -0.4 is 5.43 Å². The molecule has 0 aliphatic heterocycles. The predicted octanol–water partition coefficient (Wildman–Crippen LogP) is 2.06. The number of thioether (sulfide) groups is 1. The normalized spacial score (nSPS) is 23.7. The maximum atomic E-state index is 11.3. The summed E-state index contributed by atoms with van der Waals surface area (Å²) >= 11 is 1.91. The molecule has 1 N–H and O–H groups in total. The Morgan fingerprint density at radius 3 is 3.00 bits per heavy atom. The Bertz CT molecular complexity index is 460. The Morgan fingerprint density at radius 2 is 2.33 bits per heavy atom. The Kier molecular flexibility index (Phi) is 4.35. The van der Waals surface area contributed by atoms with Crippen molar-refractivity contribution in [3.8, 4) is 5.75 Å². The Labute approximate surface area is 111 Å². The van der Waals surface area contributed by atoms with Crippen molar-refractivity contribution in [3.63, 3.8) is 0 Å². The highest BCUT2D eigenvalue weighted by molar-refractivity contribution is 7.99. The van der Waals surface area contributed by atoms with Crippen molar-refractivity contribution in [1.29, 1.82) is 0 Å². The summed E-state index contributed by atoms with van der Waals surface area (Å²) in [7, 11) is 2.06. The standard InChI is InChI=1S/C13H19NO3S/c1-14(10-4-3-5-13(10)18-2)7-9-6-11(15)12(16)8-17-9/h6,8,10,13,16H,3-5,7H2,1-2H3/t10-,13-/m1/s1. The molecule has 1 aromatic heterocycles. The smallest absolute Gasteiger partial charge is 0.226 e. The quantitative estimate of drug-likeness (QED) is 0.906. The van der Waals surface area contributed by atoms with E-state index in [0.29, 0.717) is 23.6 Å². The van der Waals surface area contributed by atoms with Gasteiger partial charge in [0.15, 0.2) is 5.75 Å². The highest BCUT2D eigenvalue weighted by Gasteiger charge is 2.29. The minimum Gasteiger partial charge on any atom is -0.502 e. The van der Waals surface area contributed by atoms with E-state index in [2.05, 4.69) is 18.2 Å². The molecular formula is C13H19NO3S. The van der Waals surface area contributed by atoms with Crippen molar-refractivity contribution in [2.45, 2.75) is 37.1 Å². The summed E-state index contributed by atoms with van der Waals surface area (Å²) in [6.45, 7) is 0.608. The van der Waals surface area contributed by atoms with Crippen molar-refractivity contribution in [1.82, 2.24) is 4.90 Å². The van der Waals surface area contributed by atoms with Gasteiger partial charge in [-0.25, -0.2) is 0 Å². The molecule has 1 fully saturated rings. The molecule has 1 saturated carbocycles. The van der Waals surface area contributed by atoms with Crippen LogP contribution in [0.1, 0.15) is 25.0 Å². The number of hydrogen-bond acceptors (Lipinski definition) is 5. The Hall–Kier alpha value is -0.940. The van der Waals surface area contributed by atoms with Gasteiger partial charge < -0.3 is 9.52 Å². The van der Waals surface area contributed by atoms with Gasteiger partial charge in [0.2, 0.25) is 5.43 Å². The Balaban J connectivity index is 2.04. The van der Waals surface area contributed by atoms with Crippen LogP contribution in [-0.4, -0.2) is 34.6 Å². The zero-order valence-corrected chi connectivity index (χ0v) is 11.6. The van der Waals surface area contributed by atoms with E-state index in [-0.39, 0.29) is 11.2 Å². The monoisotopic (exact) mass is 269 g/mol. The van der Waals surface area contributed by atoms with E-state index in [4.69, 9.17) is 9.52 Å². The van der Waals surface area contributed by atoms with Crippen molar-refractivity contribution in [2.75, 3.05) is 13.3 Å². The van der Waals surface area contributed by atoms with Crippen LogP contribution in [0.5, 0.6) is 5.75 Å². The van der Waals surface area contributed by atoms with Crippen LogP contribution in [0.25, 0.3) is 0 Å². The molecule has 0 spiro atoms. The van der Waals surface area contributed by atoms with Gasteiger partial charge in [-0.15, -0.1) is 0 Å². The molecule has 0 bridgehead atoms. The maximum Gasteiger partial charge on any atom is 0.226 e. The average Bonchev–Trinajstić information content (AvgIpc) is 2.82. The first kappa shape index (κ1) is 13.5. The molecule has 2 rings (SSSR count). The van der Waals surface area contributed by atoms with E-state index in [1.165, 1.54) is 25.3 Å². The zero-order valence-electron chi connectivity index (χ0n) is 10.8. The van der Waals surface area contributed by atoms with E-state index in [1.54, 1.807) is 0 Å². The number of hydrogen-bond donors (Lipinski definition) is 1. The van der Waals surface area contributed by atoms with Crippen molar-refractivity contribution >= 4 is 11.8 Å². The molecule has 4 nitrogen and oxygen atoms in total. The lowest BCUT2D eigenvalue weighted by Crippen LogP contribution is -2.35. The van der Waals surface area contributed by atoms with Crippen LogP contribution in [0.4, 0.5) is 0 Å². The fraction of sp³-hybridized carbons (Fsp3) is 0.615. The third kappa shape index (κ3) is 2.90. The van der Waals surface area contributed by atoms with Gasteiger partial charge in [-0.2, -0.15) is 11.8 Å². The minimum absolute atomic E-state index is 0.329. The average molecular weight is 269 g/mol. The molecule has 100 valence electrons. The van der Waals surface area contributed by atoms with E-state index in [1.807, 2.05) is 11.8 Å². The summed E-state index contributed by atoms with van der Waals surface area (Å²) in [6, 6.07) is 1.91. The molecule has 0 radical (unpaired) electrons. The van der Waals surface area contributed by atoms with E-state index in [0.717, 1.165) is 6.26 Å². The first-order chi connectivity index (χ1) is 8.61. The maximum absolute atomic E-state index is 11.3. The molecular weight excluding hydrogens is 250 g/mol. The third-order valence-electron chi connectivity index (χ3n) is 3.56. The van der Waals surface area contributed by atoms with E-state index in [9.17, 15) is 4.79 Å². The van der Waals surface area contributed by atoms with Crippen LogP contribution in [-0.2, 0) is 6.54 Å². The SMILES string of the molecule is CS[C@@H]1CCC[C@H]1N(C)Cc1cc(=O)c(O)co1. The molecule has 18 heavy (non-hydrogen) atoms. The van der Waals surface area contributed by atoms with Gasteiger partial charge in [-0.1, -0.05) is 6.42 Å². The van der Waals surface area contributed by atoms with Crippen molar-refractivity contribution in [3.05, 3.63) is 28.3 Å². The van der Waals surface area contributed by atoms with Crippen LogP contribution in [0.2, 0.25) is 0 Å². The van der Waals surface area contributed by atoms with Gasteiger partial charge in [0.1, 0.15) is 12.0 Å². The molecule has 5 heteroatoms. The first-order valence-corrected chi connectivity index (χ1v) is 7.44. The van der Waals surface area contributed by atoms with Crippen LogP contribution in [0.15, 0.2) is 21.5 Å². The van der Waals surface area contributed by atoms with Crippen LogP contribution in [0.3, 0.4) is 0 Å². The van der Waals surface area contributed by atoms with Gasteiger partial charge in [0, 0.05) is 17.4 Å². The fourth-order valence-electron chi connectivity index (χ4n) is 2.58. The second kappa shape index (κ2) is 5.80. The summed E-state index contributed by atoms with van der Waals surface area (Å²) in [5.74, 6) is 0.274. The summed E-state index contributed by atoms with van der Waals surface area (Å²) in [6.07, 6.45) is 6.99. The van der Waals surface area contributed by atoms with Crippen molar-refractivity contribution in [2.24, 2.45) is 0 Å². The van der Waals surface area contributed by atoms with E-state index >= 15 is 0 Å². The van der Waals surface area contributed by atoms with Gasteiger partial charge in [-0.3, -0.25) is 9.69 Å². The van der Waals surface area contributed by atoms with Crippen LogP contribution in [0, 0.1) is 0 Å². The van der Waals surface area contributed by atoms with Gasteiger partial charge in [0.25, 0.3) is 0 Å². The first-order valence-electron chi connectivity index (χ1n) is 6.15. The van der Waals surface area contributed by atoms with Crippen LogP contribution >= 0.6 is 11.8 Å². The molecule has 0 saturated heterocycles. The summed E-state index contributed by atoms with van der Waals surface area (Å²) in [4.78, 5) is 13.6. The van der Waals surface area contributed by atoms with E-state index < -0.39 is 0 Å². The van der Waals surface area contributed by atoms with Gasteiger partial charge in [0.05, 0.1) is 6.54 Å². The molecule has 0 unspecified atom stereocenters. The third-order valence-corrected chi connectivity index (χ3v) is 4.71. The summed E-state index contributed by atoms with van der Waals surface area (Å²) < 4.78 is 5.24. The highest BCUT2D eigenvalue weighted by Crippen LogP contribution is 2.32. The molecule has 0 amide bonds. The Morgan fingerprint density at radius 1 is 1.56 bits per heavy atom. The fourth-order valence-corrected chi connectivity index (χ4v) is 3.64. The van der Waals surface area contributed by atoms with Gasteiger partial charge in [-0.05, 0) is 26.1 Å². The highest BCUT2D eigenvalue weighted by atomic mass is 32.2. The lowest BCUT2D eigenvalue weighted by atomic mass is 10.2. The molecule has 1 heterocycles. The zero-order chi connectivity index (χ0) is 13.1. The lowest BCUT2D eigenvalue weighted by molar-refractivity contribution is 0.220. The minimum atomic E-state index is -0.377. The molecule has 2 atom stereocenters.